The molecular formula is C23H29FN2O4S. The number of nitrogens with one attached hydrogen (secondary N) is 1. The Labute approximate surface area is 183 Å². The van der Waals surface area contributed by atoms with Crippen molar-refractivity contribution in [3.05, 3.63) is 66.0 Å². The zero-order chi connectivity index (χ0) is 22.1. The second-order valence-corrected chi connectivity index (χ2v) is 9.76. The lowest BCUT2D eigenvalue weighted by molar-refractivity contribution is -0.126. The van der Waals surface area contributed by atoms with Gasteiger partial charge in [-0.3, -0.25) is 4.79 Å². The summed E-state index contributed by atoms with van der Waals surface area (Å²) >= 11 is 0. The monoisotopic (exact) mass is 448 g/mol. The van der Waals surface area contributed by atoms with Gasteiger partial charge in [0.05, 0.1) is 12.3 Å². The summed E-state index contributed by atoms with van der Waals surface area (Å²) in [5.41, 5.74) is 1.14. The smallest absolute Gasteiger partial charge is 0.223 e. The minimum absolute atomic E-state index is 0.0798. The number of nitrogens with zero attached hydrogens (tertiary/aromatic N) is 1. The van der Waals surface area contributed by atoms with Gasteiger partial charge in [0.25, 0.3) is 0 Å². The van der Waals surface area contributed by atoms with Crippen molar-refractivity contribution in [3.8, 4) is 5.75 Å². The zero-order valence-corrected chi connectivity index (χ0v) is 18.3. The molecule has 0 unspecified atom stereocenters. The summed E-state index contributed by atoms with van der Waals surface area (Å²) in [4.78, 5) is 12.4. The average Bonchev–Trinajstić information content (AvgIpc) is 2.78. The fourth-order valence-corrected chi connectivity index (χ4v) is 5.18. The number of aryl methyl sites for hydroxylation is 1. The van der Waals surface area contributed by atoms with E-state index < -0.39 is 10.0 Å². The van der Waals surface area contributed by atoms with Crippen molar-refractivity contribution in [2.24, 2.45) is 5.92 Å². The van der Waals surface area contributed by atoms with Gasteiger partial charge in [-0.05, 0) is 55.5 Å². The molecule has 31 heavy (non-hydrogen) atoms. The van der Waals surface area contributed by atoms with Crippen molar-refractivity contribution >= 4 is 15.9 Å². The van der Waals surface area contributed by atoms with Crippen LogP contribution in [0.2, 0.25) is 0 Å². The predicted molar refractivity (Wildman–Crippen MR) is 118 cm³/mol. The third kappa shape index (κ3) is 7.33. The van der Waals surface area contributed by atoms with Crippen molar-refractivity contribution in [1.82, 2.24) is 9.62 Å². The molecule has 1 aliphatic rings. The number of carbonyl (C=O) groups is 1. The lowest BCUT2D eigenvalue weighted by atomic mass is 9.97. The maximum atomic E-state index is 12.9. The molecule has 0 aliphatic carbocycles. The summed E-state index contributed by atoms with van der Waals surface area (Å²) in [5.74, 6) is 0.0662. The molecule has 0 saturated carbocycles. The number of sulfonamides is 1. The first-order valence-corrected chi connectivity index (χ1v) is 12.2. The highest BCUT2D eigenvalue weighted by molar-refractivity contribution is 7.89. The number of amides is 1. The number of piperidine rings is 1. The third-order valence-corrected chi connectivity index (χ3v) is 7.37. The normalized spacial score (nSPS) is 15.5. The summed E-state index contributed by atoms with van der Waals surface area (Å²) in [7, 11) is -3.30. The van der Waals surface area contributed by atoms with Crippen LogP contribution >= 0.6 is 0 Å². The number of carbonyl (C=O) groups excluding carboxylic acids is 1. The molecule has 1 N–H and O–H groups in total. The highest BCUT2D eigenvalue weighted by Gasteiger charge is 2.30. The first kappa shape index (κ1) is 23.2. The first-order valence-electron chi connectivity index (χ1n) is 10.6. The van der Waals surface area contributed by atoms with Crippen LogP contribution in [0.5, 0.6) is 5.75 Å². The highest BCUT2D eigenvalue weighted by atomic mass is 32.2. The van der Waals surface area contributed by atoms with E-state index in [1.807, 2.05) is 30.3 Å². The van der Waals surface area contributed by atoms with E-state index in [4.69, 9.17) is 4.74 Å². The van der Waals surface area contributed by atoms with Crippen molar-refractivity contribution in [3.63, 3.8) is 0 Å². The average molecular weight is 449 g/mol. The van der Waals surface area contributed by atoms with Crippen LogP contribution in [0.25, 0.3) is 0 Å². The van der Waals surface area contributed by atoms with Crippen molar-refractivity contribution < 1.29 is 22.3 Å². The Kier molecular flexibility index (Phi) is 8.43. The van der Waals surface area contributed by atoms with Gasteiger partial charge in [-0.25, -0.2) is 17.1 Å². The molecule has 0 bridgehead atoms. The van der Waals surface area contributed by atoms with Crippen LogP contribution in [0.15, 0.2) is 54.6 Å². The molecule has 2 aromatic rings. The molecule has 1 amide bonds. The van der Waals surface area contributed by atoms with Gasteiger partial charge in [-0.2, -0.15) is 0 Å². The van der Waals surface area contributed by atoms with Gasteiger partial charge in [0.15, 0.2) is 0 Å². The second kappa shape index (κ2) is 11.2. The Hall–Kier alpha value is -2.45. The van der Waals surface area contributed by atoms with Crippen LogP contribution in [-0.4, -0.2) is 50.6 Å². The minimum Gasteiger partial charge on any atom is -0.492 e. The molecule has 0 aromatic heterocycles. The van der Waals surface area contributed by atoms with Gasteiger partial charge >= 0.3 is 0 Å². The lowest BCUT2D eigenvalue weighted by Crippen LogP contribution is -2.44. The van der Waals surface area contributed by atoms with Gasteiger partial charge in [0.2, 0.25) is 15.9 Å². The summed E-state index contributed by atoms with van der Waals surface area (Å²) in [5, 5.41) is 2.83. The largest absolute Gasteiger partial charge is 0.492 e. The van der Waals surface area contributed by atoms with Gasteiger partial charge < -0.3 is 10.1 Å². The van der Waals surface area contributed by atoms with Crippen LogP contribution in [0.4, 0.5) is 4.39 Å². The van der Waals surface area contributed by atoms with E-state index >= 15 is 0 Å². The van der Waals surface area contributed by atoms with E-state index in [-0.39, 0.29) is 30.0 Å². The van der Waals surface area contributed by atoms with Crippen molar-refractivity contribution in [2.45, 2.75) is 25.7 Å². The number of hydrogen-bond acceptors (Lipinski definition) is 4. The number of hydrogen-bond donors (Lipinski definition) is 1. The topological polar surface area (TPSA) is 75.7 Å². The van der Waals surface area contributed by atoms with E-state index in [0.717, 1.165) is 12.0 Å². The zero-order valence-electron chi connectivity index (χ0n) is 17.5. The van der Waals surface area contributed by atoms with Crippen LogP contribution in [0.3, 0.4) is 0 Å². The lowest BCUT2D eigenvalue weighted by Gasteiger charge is -2.30. The molecule has 1 heterocycles. The Morgan fingerprint density at radius 3 is 2.42 bits per heavy atom. The quantitative estimate of drug-likeness (QED) is 0.567. The molecule has 0 spiro atoms. The SMILES string of the molecule is O=C(NCCOc1ccc(F)cc1)C1CCN(S(=O)(=O)CCCc2ccccc2)CC1. The van der Waals surface area contributed by atoms with Gasteiger partial charge in [0.1, 0.15) is 18.2 Å². The Balaban J connectivity index is 1.34. The maximum absolute atomic E-state index is 12.9. The van der Waals surface area contributed by atoms with Crippen molar-refractivity contribution in [1.29, 1.82) is 0 Å². The molecule has 8 heteroatoms. The second-order valence-electron chi connectivity index (χ2n) is 7.67. The molecule has 2 aromatic carbocycles. The highest BCUT2D eigenvalue weighted by Crippen LogP contribution is 2.21. The van der Waals surface area contributed by atoms with Gasteiger partial charge in [-0.15, -0.1) is 0 Å². The molecule has 1 fully saturated rings. The molecule has 1 saturated heterocycles. The van der Waals surface area contributed by atoms with Crippen LogP contribution in [0.1, 0.15) is 24.8 Å². The van der Waals surface area contributed by atoms with Crippen molar-refractivity contribution in [2.75, 3.05) is 32.0 Å². The molecule has 0 atom stereocenters. The number of rotatable bonds is 10. The summed E-state index contributed by atoms with van der Waals surface area (Å²) in [6.07, 6.45) is 2.35. The van der Waals surface area contributed by atoms with Gasteiger partial charge in [0, 0.05) is 19.0 Å². The molecule has 1 aliphatic heterocycles. The standard InChI is InChI=1S/C23H29FN2O4S/c24-21-8-10-22(11-9-21)30-17-14-25-23(27)20-12-15-26(16-13-20)31(28,29)18-4-7-19-5-2-1-3-6-19/h1-3,5-6,8-11,20H,4,7,12-18H2,(H,25,27). The van der Waals surface area contributed by atoms with Gasteiger partial charge in [-0.1, -0.05) is 30.3 Å². The fraction of sp³-hybridized carbons (Fsp3) is 0.435. The van der Waals surface area contributed by atoms with Crippen LogP contribution < -0.4 is 10.1 Å². The van der Waals surface area contributed by atoms with E-state index in [0.29, 0.717) is 44.6 Å². The summed E-state index contributed by atoms with van der Waals surface area (Å²) < 4.78 is 45.0. The summed E-state index contributed by atoms with van der Waals surface area (Å²) in [6, 6.07) is 15.6. The summed E-state index contributed by atoms with van der Waals surface area (Å²) in [6.45, 7) is 1.37. The Morgan fingerprint density at radius 2 is 1.74 bits per heavy atom. The van der Waals surface area contributed by atoms with E-state index in [2.05, 4.69) is 5.32 Å². The Bertz CT molecular complexity index is 928. The number of ether oxygens (including phenoxy) is 1. The fourth-order valence-electron chi connectivity index (χ4n) is 3.65. The Morgan fingerprint density at radius 1 is 1.06 bits per heavy atom. The minimum atomic E-state index is -3.30. The number of halogens is 1. The first-order chi connectivity index (χ1) is 14.9. The molecule has 3 rings (SSSR count). The molecule has 168 valence electrons. The predicted octanol–water partition coefficient (Wildman–Crippen LogP) is 3.00. The maximum Gasteiger partial charge on any atom is 0.223 e. The number of benzene rings is 2. The van der Waals surface area contributed by atoms with E-state index in [9.17, 15) is 17.6 Å². The third-order valence-electron chi connectivity index (χ3n) is 5.41. The molecule has 6 nitrogen and oxygen atoms in total. The van der Waals surface area contributed by atoms with E-state index in [1.54, 1.807) is 0 Å². The van der Waals surface area contributed by atoms with Crippen LogP contribution in [-0.2, 0) is 21.2 Å². The van der Waals surface area contributed by atoms with Crippen LogP contribution in [0, 0.1) is 11.7 Å². The molecular weight excluding hydrogens is 419 g/mol. The van der Waals surface area contributed by atoms with E-state index in [1.165, 1.54) is 28.6 Å². The molecule has 0 radical (unpaired) electrons.